The Labute approximate surface area is 177 Å². The van der Waals surface area contributed by atoms with Crippen LogP contribution >= 0.6 is 0 Å². The van der Waals surface area contributed by atoms with Gasteiger partial charge >= 0.3 is 0 Å². The van der Waals surface area contributed by atoms with Gasteiger partial charge in [0.25, 0.3) is 11.8 Å². The second kappa shape index (κ2) is 10.2. The maximum Gasteiger partial charge on any atom is 0.279 e. The Kier molecular flexibility index (Phi) is 7.43. The standard InChI is InChI=1S/C23H29N3O4/c1-4-29-19-11-9-18(10-12-19)24-23(28)20-7-5-6-8-21(20)25-22(27)15-26-13-16(2)30-17(3)14-26/h5-12,16-17H,4,13-15H2,1-3H3,(H,24,28)(H,25,27)/p+1/t16-,17-/m0/s1. The first kappa shape index (κ1) is 21.8. The number of carbonyl (C=O) groups is 2. The SMILES string of the molecule is CCOc1ccc(NC(=O)c2ccccc2NC(=O)C[NH+]2C[C@H](C)O[C@@H](C)C2)cc1. The van der Waals surface area contributed by atoms with Gasteiger partial charge in [0.2, 0.25) is 0 Å². The van der Waals surface area contributed by atoms with Crippen LogP contribution in [0.5, 0.6) is 5.75 Å². The van der Waals surface area contributed by atoms with Crippen molar-refractivity contribution in [2.45, 2.75) is 33.0 Å². The van der Waals surface area contributed by atoms with E-state index in [0.29, 0.717) is 30.1 Å². The van der Waals surface area contributed by atoms with Crippen molar-refractivity contribution in [3.63, 3.8) is 0 Å². The van der Waals surface area contributed by atoms with Gasteiger partial charge in [-0.3, -0.25) is 9.59 Å². The molecular weight excluding hydrogens is 382 g/mol. The maximum atomic E-state index is 12.8. The van der Waals surface area contributed by atoms with E-state index in [9.17, 15) is 9.59 Å². The van der Waals surface area contributed by atoms with E-state index in [-0.39, 0.29) is 24.0 Å². The van der Waals surface area contributed by atoms with Gasteiger partial charge in [-0.1, -0.05) is 12.1 Å². The van der Waals surface area contributed by atoms with Crippen molar-refractivity contribution in [3.8, 4) is 5.75 Å². The molecule has 0 unspecified atom stereocenters. The predicted octanol–water partition coefficient (Wildman–Crippen LogP) is 1.97. The second-order valence-corrected chi connectivity index (χ2v) is 7.60. The molecule has 0 saturated carbocycles. The second-order valence-electron chi connectivity index (χ2n) is 7.60. The summed E-state index contributed by atoms with van der Waals surface area (Å²) in [7, 11) is 0. The number of morpholine rings is 1. The molecule has 1 saturated heterocycles. The molecule has 1 heterocycles. The third-order valence-corrected chi connectivity index (χ3v) is 4.90. The van der Waals surface area contributed by atoms with Gasteiger partial charge in [-0.05, 0) is 57.2 Å². The summed E-state index contributed by atoms with van der Waals surface area (Å²) in [5.41, 5.74) is 1.57. The summed E-state index contributed by atoms with van der Waals surface area (Å²) in [4.78, 5) is 26.6. The predicted molar refractivity (Wildman–Crippen MR) is 116 cm³/mol. The summed E-state index contributed by atoms with van der Waals surface area (Å²) in [5.74, 6) is 0.348. The molecule has 2 aromatic carbocycles. The molecular formula is C23H30N3O4+. The summed E-state index contributed by atoms with van der Waals surface area (Å²) < 4.78 is 11.1. The molecule has 3 N–H and O–H groups in total. The molecule has 0 bridgehead atoms. The lowest BCUT2D eigenvalue weighted by Gasteiger charge is -2.31. The van der Waals surface area contributed by atoms with Crippen molar-refractivity contribution in [1.82, 2.24) is 0 Å². The van der Waals surface area contributed by atoms with Gasteiger partial charge in [0.15, 0.2) is 6.54 Å². The summed E-state index contributed by atoms with van der Waals surface area (Å²) >= 11 is 0. The lowest BCUT2D eigenvalue weighted by atomic mass is 10.1. The molecule has 2 atom stereocenters. The number of benzene rings is 2. The number of rotatable bonds is 7. The van der Waals surface area contributed by atoms with Crippen LogP contribution in [0.4, 0.5) is 11.4 Å². The Morgan fingerprint density at radius 1 is 1.03 bits per heavy atom. The van der Waals surface area contributed by atoms with Crippen molar-refractivity contribution in [3.05, 3.63) is 54.1 Å². The summed E-state index contributed by atoms with van der Waals surface area (Å²) in [6.45, 7) is 8.47. The van der Waals surface area contributed by atoms with Crippen molar-refractivity contribution in [1.29, 1.82) is 0 Å². The largest absolute Gasteiger partial charge is 0.494 e. The van der Waals surface area contributed by atoms with E-state index in [0.717, 1.165) is 18.8 Å². The quantitative estimate of drug-likeness (QED) is 0.650. The highest BCUT2D eigenvalue weighted by Gasteiger charge is 2.27. The monoisotopic (exact) mass is 412 g/mol. The van der Waals surface area contributed by atoms with Gasteiger partial charge in [0, 0.05) is 5.69 Å². The number of hydrogen-bond acceptors (Lipinski definition) is 4. The van der Waals surface area contributed by atoms with Gasteiger partial charge in [-0.2, -0.15) is 0 Å². The Morgan fingerprint density at radius 3 is 2.37 bits per heavy atom. The zero-order valence-corrected chi connectivity index (χ0v) is 17.7. The highest BCUT2D eigenvalue weighted by molar-refractivity contribution is 6.10. The van der Waals surface area contributed by atoms with E-state index in [2.05, 4.69) is 10.6 Å². The minimum absolute atomic E-state index is 0.118. The number of anilines is 2. The molecule has 1 aliphatic rings. The number of nitrogens with one attached hydrogen (secondary N) is 3. The van der Waals surface area contributed by atoms with Crippen molar-refractivity contribution in [2.24, 2.45) is 0 Å². The minimum atomic E-state index is -0.281. The van der Waals surface area contributed by atoms with E-state index in [4.69, 9.17) is 9.47 Å². The molecule has 2 aromatic rings. The van der Waals surface area contributed by atoms with Crippen molar-refractivity contribution in [2.75, 3.05) is 36.9 Å². The fourth-order valence-electron chi connectivity index (χ4n) is 3.74. The number of amides is 2. The van der Waals surface area contributed by atoms with E-state index >= 15 is 0 Å². The van der Waals surface area contributed by atoms with E-state index < -0.39 is 0 Å². The molecule has 1 fully saturated rings. The molecule has 0 radical (unpaired) electrons. The number of para-hydroxylation sites is 1. The first-order valence-electron chi connectivity index (χ1n) is 10.4. The van der Waals surface area contributed by atoms with Crippen LogP contribution in [-0.2, 0) is 9.53 Å². The summed E-state index contributed by atoms with van der Waals surface area (Å²) in [6, 6.07) is 14.2. The average molecular weight is 413 g/mol. The normalized spacial score (nSPS) is 21.0. The highest BCUT2D eigenvalue weighted by Crippen LogP contribution is 2.19. The third-order valence-electron chi connectivity index (χ3n) is 4.90. The van der Waals surface area contributed by atoms with Crippen LogP contribution in [-0.4, -0.2) is 50.3 Å². The fourth-order valence-corrected chi connectivity index (χ4v) is 3.74. The zero-order chi connectivity index (χ0) is 21.5. The molecule has 7 heteroatoms. The van der Waals surface area contributed by atoms with Crippen LogP contribution in [0.1, 0.15) is 31.1 Å². The topological polar surface area (TPSA) is 81.1 Å². The van der Waals surface area contributed by atoms with Crippen LogP contribution in [0.15, 0.2) is 48.5 Å². The highest BCUT2D eigenvalue weighted by atomic mass is 16.5. The first-order valence-corrected chi connectivity index (χ1v) is 10.4. The number of ether oxygens (including phenoxy) is 2. The van der Waals surface area contributed by atoms with Crippen molar-refractivity contribution < 1.29 is 24.0 Å². The number of carbonyl (C=O) groups excluding carboxylic acids is 2. The molecule has 160 valence electrons. The molecule has 0 aliphatic carbocycles. The van der Waals surface area contributed by atoms with Crippen molar-refractivity contribution >= 4 is 23.2 Å². The smallest absolute Gasteiger partial charge is 0.279 e. The lowest BCUT2D eigenvalue weighted by Crippen LogP contribution is -3.16. The van der Waals surface area contributed by atoms with Crippen LogP contribution in [0.25, 0.3) is 0 Å². The lowest BCUT2D eigenvalue weighted by molar-refractivity contribution is -0.907. The Hall–Kier alpha value is -2.90. The Morgan fingerprint density at radius 2 is 1.70 bits per heavy atom. The molecule has 7 nitrogen and oxygen atoms in total. The van der Waals surface area contributed by atoms with Crippen LogP contribution in [0, 0.1) is 0 Å². The number of quaternary nitrogens is 1. The third kappa shape index (κ3) is 6.05. The summed E-state index contributed by atoms with van der Waals surface area (Å²) in [6.07, 6.45) is 0.257. The molecule has 30 heavy (non-hydrogen) atoms. The summed E-state index contributed by atoms with van der Waals surface area (Å²) in [5, 5.41) is 5.77. The molecule has 3 rings (SSSR count). The minimum Gasteiger partial charge on any atom is -0.494 e. The van der Waals surface area contributed by atoms with Crippen LogP contribution < -0.4 is 20.3 Å². The Balaban J connectivity index is 1.63. The van der Waals surface area contributed by atoms with Crippen LogP contribution in [0.2, 0.25) is 0 Å². The molecule has 1 aliphatic heterocycles. The van der Waals surface area contributed by atoms with E-state index in [1.165, 1.54) is 4.90 Å². The maximum absolute atomic E-state index is 12.8. The molecule has 0 spiro atoms. The van der Waals surface area contributed by atoms with E-state index in [1.54, 1.807) is 48.5 Å². The fraction of sp³-hybridized carbons (Fsp3) is 0.391. The van der Waals surface area contributed by atoms with Gasteiger partial charge < -0.3 is 25.0 Å². The van der Waals surface area contributed by atoms with Gasteiger partial charge in [0.05, 0.1) is 17.9 Å². The molecule has 0 aromatic heterocycles. The van der Waals surface area contributed by atoms with Gasteiger partial charge in [0.1, 0.15) is 31.0 Å². The average Bonchev–Trinajstić information content (AvgIpc) is 2.69. The first-order chi connectivity index (χ1) is 14.4. The van der Waals surface area contributed by atoms with Gasteiger partial charge in [-0.15, -0.1) is 0 Å². The number of hydrogen-bond donors (Lipinski definition) is 3. The van der Waals surface area contributed by atoms with Gasteiger partial charge in [-0.25, -0.2) is 0 Å². The Bertz CT molecular complexity index is 859. The van der Waals surface area contributed by atoms with E-state index in [1.807, 2.05) is 20.8 Å². The zero-order valence-electron chi connectivity index (χ0n) is 17.7. The molecule has 2 amide bonds. The van der Waals surface area contributed by atoms with Crippen LogP contribution in [0.3, 0.4) is 0 Å².